The minimum atomic E-state index is -4.80. The van der Waals surface area contributed by atoms with Crippen LogP contribution < -0.4 is 20.7 Å². The number of nitrogens with one attached hydrogen (secondary N) is 1. The summed E-state index contributed by atoms with van der Waals surface area (Å²) in [6, 6.07) is 1.08. The van der Waals surface area contributed by atoms with E-state index in [0.29, 0.717) is 43.1 Å². The van der Waals surface area contributed by atoms with E-state index < -0.39 is 40.9 Å². The lowest BCUT2D eigenvalue weighted by Gasteiger charge is -2.33. The number of fused-ring (bicyclic) bond motifs is 2. The number of anilines is 2. The van der Waals surface area contributed by atoms with Crippen molar-refractivity contribution in [2.24, 2.45) is 0 Å². The molecule has 6 rings (SSSR count). The van der Waals surface area contributed by atoms with Crippen LogP contribution in [0.15, 0.2) is 6.07 Å². The Hall–Kier alpha value is -2.77. The highest BCUT2D eigenvalue weighted by atomic mass is 19.4. The van der Waals surface area contributed by atoms with E-state index in [1.807, 2.05) is 0 Å². The molecule has 0 unspecified atom stereocenters. The highest BCUT2D eigenvalue weighted by molar-refractivity contribution is 5.55. The van der Waals surface area contributed by atoms with E-state index in [0.717, 1.165) is 45.0 Å². The van der Waals surface area contributed by atoms with Crippen molar-refractivity contribution in [1.29, 1.82) is 0 Å². The van der Waals surface area contributed by atoms with E-state index in [1.165, 1.54) is 6.92 Å². The topological polar surface area (TPSA) is 88.8 Å². The van der Waals surface area contributed by atoms with Crippen molar-refractivity contribution in [1.82, 2.24) is 20.2 Å². The Kier molecular flexibility index (Phi) is 7.48. The third-order valence-corrected chi connectivity index (χ3v) is 8.86. The first-order valence-electron chi connectivity index (χ1n) is 14.2. The summed E-state index contributed by atoms with van der Waals surface area (Å²) in [7, 11) is 0. The van der Waals surface area contributed by atoms with Gasteiger partial charge in [0.05, 0.1) is 35.2 Å². The predicted molar refractivity (Wildman–Crippen MR) is 142 cm³/mol. The van der Waals surface area contributed by atoms with Crippen molar-refractivity contribution in [2.45, 2.75) is 69.6 Å². The number of benzene rings is 1. The predicted octanol–water partition coefficient (Wildman–Crippen LogP) is 4.09. The summed E-state index contributed by atoms with van der Waals surface area (Å²) in [5.74, 6) is -0.536. The Morgan fingerprint density at radius 1 is 1.20 bits per heavy atom. The van der Waals surface area contributed by atoms with Gasteiger partial charge in [0, 0.05) is 50.1 Å². The smallest absolute Gasteiger partial charge is 0.417 e. The number of alkyl halides is 4. The minimum absolute atomic E-state index is 0.0837. The molecular formula is C28H35F5N6O2. The van der Waals surface area contributed by atoms with Crippen LogP contribution >= 0.6 is 0 Å². The molecule has 0 radical (unpaired) electrons. The van der Waals surface area contributed by atoms with Gasteiger partial charge in [-0.05, 0) is 50.9 Å². The number of aryl methyl sites for hydroxylation is 1. The number of aromatic nitrogens is 2. The molecule has 3 fully saturated rings. The lowest BCUT2D eigenvalue weighted by atomic mass is 9.91. The monoisotopic (exact) mass is 582 g/mol. The van der Waals surface area contributed by atoms with E-state index >= 15 is 4.39 Å². The van der Waals surface area contributed by atoms with Gasteiger partial charge in [-0.1, -0.05) is 0 Å². The fourth-order valence-electron chi connectivity index (χ4n) is 6.97. The van der Waals surface area contributed by atoms with Crippen LogP contribution in [0.3, 0.4) is 0 Å². The molecular weight excluding hydrogens is 547 g/mol. The summed E-state index contributed by atoms with van der Waals surface area (Å²) in [5.41, 5.74) is 4.21. The molecule has 0 bridgehead atoms. The molecule has 8 nitrogen and oxygen atoms in total. The molecule has 1 aromatic heterocycles. The van der Waals surface area contributed by atoms with Gasteiger partial charge in [-0.3, -0.25) is 4.90 Å². The van der Waals surface area contributed by atoms with Crippen molar-refractivity contribution in [3.8, 4) is 6.01 Å². The van der Waals surface area contributed by atoms with Gasteiger partial charge in [-0.15, -0.1) is 0 Å². The third-order valence-electron chi connectivity index (χ3n) is 8.86. The number of rotatable bonds is 5. The van der Waals surface area contributed by atoms with Crippen molar-refractivity contribution < 1.29 is 31.4 Å². The van der Waals surface area contributed by atoms with Crippen molar-refractivity contribution in [3.63, 3.8) is 0 Å². The molecule has 0 aliphatic carbocycles. The van der Waals surface area contributed by atoms with Crippen molar-refractivity contribution in [2.75, 3.05) is 56.5 Å². The summed E-state index contributed by atoms with van der Waals surface area (Å²) in [6.07, 6.45) is -4.06. The molecule has 3 atom stereocenters. The van der Waals surface area contributed by atoms with Crippen LogP contribution in [0.25, 0.3) is 0 Å². The van der Waals surface area contributed by atoms with Gasteiger partial charge in [0.2, 0.25) is 0 Å². The van der Waals surface area contributed by atoms with Gasteiger partial charge in [0.1, 0.15) is 18.6 Å². The fraction of sp³-hybridized carbons (Fsp3) is 0.643. The Morgan fingerprint density at radius 3 is 2.83 bits per heavy atom. The van der Waals surface area contributed by atoms with Gasteiger partial charge in [0.25, 0.3) is 0 Å². The van der Waals surface area contributed by atoms with Crippen molar-refractivity contribution >= 4 is 11.5 Å². The standard InChI is InChI=1S/C28H35F5N6O2/c1-16-10-19(34)24(30)22(23(16)28(31,32)33)21-11-20-18(14-40-21)25(38-7-3-5-35-6-9-38)37-26(36-20)41-15-27-4-2-8-39(27)13-17(29)12-27/h10,17,21,35H,2-9,11-15,34H2,1H3/t17-,21-,27+/m1/s1. The SMILES string of the molecule is Cc1cc(N)c(F)c([C@H]2Cc3nc(OC[C@@]45CCCN4C[C@H](F)C5)nc(N4CCCNCC4)c3CO2)c1C(F)(F)F. The Balaban J connectivity index is 1.36. The van der Waals surface area contributed by atoms with E-state index in [9.17, 15) is 17.6 Å². The maximum absolute atomic E-state index is 15.3. The summed E-state index contributed by atoms with van der Waals surface area (Å²) in [4.78, 5) is 13.6. The van der Waals surface area contributed by atoms with Gasteiger partial charge in [0.15, 0.2) is 5.82 Å². The Morgan fingerprint density at radius 2 is 2.02 bits per heavy atom. The molecule has 1 aromatic carbocycles. The zero-order chi connectivity index (χ0) is 28.9. The number of nitrogens with two attached hydrogens (primary N) is 1. The lowest BCUT2D eigenvalue weighted by molar-refractivity contribution is -0.140. The van der Waals surface area contributed by atoms with Crippen LogP contribution in [0, 0.1) is 12.7 Å². The van der Waals surface area contributed by atoms with Crippen LogP contribution in [0.5, 0.6) is 6.01 Å². The molecule has 0 amide bonds. The molecule has 0 saturated carbocycles. The molecule has 224 valence electrons. The number of hydrogen-bond acceptors (Lipinski definition) is 8. The molecule has 3 N–H and O–H groups in total. The van der Waals surface area contributed by atoms with Gasteiger partial charge in [-0.25, -0.2) is 8.78 Å². The second kappa shape index (κ2) is 10.8. The first kappa shape index (κ1) is 28.4. The Labute approximate surface area is 235 Å². The van der Waals surface area contributed by atoms with Crippen LogP contribution in [0.1, 0.15) is 59.7 Å². The van der Waals surface area contributed by atoms with E-state index in [-0.39, 0.29) is 36.9 Å². The number of halogens is 5. The maximum atomic E-state index is 15.3. The van der Waals surface area contributed by atoms with Gasteiger partial charge < -0.3 is 25.4 Å². The second-order valence-corrected chi connectivity index (χ2v) is 11.6. The molecule has 41 heavy (non-hydrogen) atoms. The van der Waals surface area contributed by atoms with Crippen LogP contribution in [0.2, 0.25) is 0 Å². The molecule has 3 saturated heterocycles. The van der Waals surface area contributed by atoms with Crippen LogP contribution in [0.4, 0.5) is 33.5 Å². The first-order valence-corrected chi connectivity index (χ1v) is 14.2. The van der Waals surface area contributed by atoms with E-state index in [4.69, 9.17) is 20.2 Å². The summed E-state index contributed by atoms with van der Waals surface area (Å²) < 4.78 is 84.0. The van der Waals surface area contributed by atoms with Gasteiger partial charge in [-0.2, -0.15) is 23.1 Å². The largest absolute Gasteiger partial charge is 0.461 e. The average Bonchev–Trinajstić information content (AvgIpc) is 3.29. The summed E-state index contributed by atoms with van der Waals surface area (Å²) in [6.45, 7) is 5.53. The summed E-state index contributed by atoms with van der Waals surface area (Å²) in [5, 5.41) is 3.35. The molecule has 4 aliphatic rings. The third kappa shape index (κ3) is 5.32. The Bertz CT molecular complexity index is 1300. The zero-order valence-electron chi connectivity index (χ0n) is 23.0. The number of nitrogen functional groups attached to an aromatic ring is 1. The van der Waals surface area contributed by atoms with E-state index in [2.05, 4.69) is 20.1 Å². The molecule has 0 spiro atoms. The van der Waals surface area contributed by atoms with Crippen LogP contribution in [-0.2, 0) is 23.9 Å². The van der Waals surface area contributed by atoms with Crippen LogP contribution in [-0.4, -0.2) is 72.5 Å². The quantitative estimate of drug-likeness (QED) is 0.403. The molecule has 2 aromatic rings. The average molecular weight is 583 g/mol. The van der Waals surface area contributed by atoms with E-state index in [1.54, 1.807) is 0 Å². The minimum Gasteiger partial charge on any atom is -0.461 e. The highest BCUT2D eigenvalue weighted by Gasteiger charge is 2.49. The maximum Gasteiger partial charge on any atom is 0.417 e. The number of ether oxygens (including phenoxy) is 2. The fourth-order valence-corrected chi connectivity index (χ4v) is 6.97. The lowest BCUT2D eigenvalue weighted by Crippen LogP contribution is -2.43. The van der Waals surface area contributed by atoms with Gasteiger partial charge >= 0.3 is 12.2 Å². The molecule has 13 heteroatoms. The number of hydrogen-bond donors (Lipinski definition) is 2. The van der Waals surface area contributed by atoms with Crippen molar-refractivity contribution in [3.05, 3.63) is 39.8 Å². The summed E-state index contributed by atoms with van der Waals surface area (Å²) >= 11 is 0. The number of nitrogens with zero attached hydrogens (tertiary/aromatic N) is 4. The molecule has 4 aliphatic heterocycles. The molecule has 5 heterocycles. The highest BCUT2D eigenvalue weighted by Crippen LogP contribution is 2.45. The normalized spacial score (nSPS) is 27.0. The first-order chi connectivity index (χ1) is 19.6. The second-order valence-electron chi connectivity index (χ2n) is 11.6. The zero-order valence-corrected chi connectivity index (χ0v) is 23.0.